The van der Waals surface area contributed by atoms with Crippen LogP contribution < -0.4 is 5.43 Å². The minimum Gasteiger partial charge on any atom is -0.261 e. The molecule has 0 aromatic carbocycles. The molecule has 0 unspecified atom stereocenters. The summed E-state index contributed by atoms with van der Waals surface area (Å²) < 4.78 is 0. The summed E-state index contributed by atoms with van der Waals surface area (Å²) in [6, 6.07) is 2.14. The number of aromatic nitrogens is 3. The quantitative estimate of drug-likeness (QED) is 0.588. The van der Waals surface area contributed by atoms with Crippen molar-refractivity contribution in [3.8, 4) is 0 Å². The highest BCUT2D eigenvalue weighted by Gasteiger charge is 2.18. The Morgan fingerprint density at radius 2 is 2.14 bits per heavy atom. The maximum absolute atomic E-state index is 4.34. The summed E-state index contributed by atoms with van der Waals surface area (Å²) in [4.78, 5) is 15.9. The van der Waals surface area contributed by atoms with Crippen molar-refractivity contribution in [1.29, 1.82) is 0 Å². The highest BCUT2D eigenvalue weighted by atomic mass is 32.1. The Labute approximate surface area is 130 Å². The number of hydrazone groups is 1. The topological polar surface area (TPSA) is 63.1 Å². The predicted octanol–water partition coefficient (Wildman–Crippen LogP) is 3.89. The first-order valence-electron chi connectivity index (χ1n) is 6.46. The monoisotopic (exact) mass is 317 g/mol. The normalized spacial score (nSPS) is 12.3. The van der Waals surface area contributed by atoms with Crippen molar-refractivity contribution in [1.82, 2.24) is 15.0 Å². The molecule has 0 fully saturated rings. The summed E-state index contributed by atoms with van der Waals surface area (Å²) in [6.07, 6.45) is 5.08. The molecule has 3 aromatic heterocycles. The van der Waals surface area contributed by atoms with Crippen LogP contribution in [-0.4, -0.2) is 21.2 Å². The van der Waals surface area contributed by atoms with Crippen molar-refractivity contribution in [2.75, 3.05) is 5.43 Å². The van der Waals surface area contributed by atoms with E-state index in [-0.39, 0.29) is 5.41 Å². The van der Waals surface area contributed by atoms with Gasteiger partial charge in [-0.1, -0.05) is 20.8 Å². The van der Waals surface area contributed by atoms with Crippen molar-refractivity contribution in [3.63, 3.8) is 0 Å². The SMILES string of the molecule is CC(C)(C)c1cc2c(NN=Cc3cncs3)ncnc2s1. The molecule has 5 nitrogen and oxygen atoms in total. The summed E-state index contributed by atoms with van der Waals surface area (Å²) >= 11 is 3.24. The van der Waals surface area contributed by atoms with Crippen LogP contribution in [0.4, 0.5) is 5.82 Å². The zero-order valence-electron chi connectivity index (χ0n) is 12.0. The van der Waals surface area contributed by atoms with Gasteiger partial charge in [0.15, 0.2) is 5.82 Å². The molecular formula is C14H15N5S2. The Morgan fingerprint density at radius 3 is 2.86 bits per heavy atom. The van der Waals surface area contributed by atoms with Crippen LogP contribution in [0.15, 0.2) is 29.2 Å². The molecule has 7 heteroatoms. The minimum absolute atomic E-state index is 0.106. The smallest absolute Gasteiger partial charge is 0.158 e. The maximum atomic E-state index is 4.34. The van der Waals surface area contributed by atoms with E-state index in [2.05, 4.69) is 52.3 Å². The number of thiophene rings is 1. The minimum atomic E-state index is 0.106. The van der Waals surface area contributed by atoms with Crippen LogP contribution in [0.1, 0.15) is 30.5 Å². The van der Waals surface area contributed by atoms with E-state index >= 15 is 0 Å². The van der Waals surface area contributed by atoms with Gasteiger partial charge < -0.3 is 0 Å². The Balaban J connectivity index is 1.90. The summed E-state index contributed by atoms with van der Waals surface area (Å²) in [5, 5.41) is 5.22. The van der Waals surface area contributed by atoms with Gasteiger partial charge in [0.1, 0.15) is 11.2 Å². The first-order valence-corrected chi connectivity index (χ1v) is 8.16. The lowest BCUT2D eigenvalue weighted by Gasteiger charge is -2.14. The Morgan fingerprint density at radius 1 is 1.29 bits per heavy atom. The third-order valence-corrected chi connectivity index (χ3v) is 5.06. The van der Waals surface area contributed by atoms with Gasteiger partial charge >= 0.3 is 0 Å². The molecule has 0 aliphatic rings. The van der Waals surface area contributed by atoms with Crippen LogP contribution in [0.25, 0.3) is 10.2 Å². The molecule has 0 spiro atoms. The van der Waals surface area contributed by atoms with Crippen LogP contribution >= 0.6 is 22.7 Å². The van der Waals surface area contributed by atoms with Gasteiger partial charge in [0, 0.05) is 11.1 Å². The first kappa shape index (κ1) is 14.1. The Bertz CT molecular complexity index is 768. The van der Waals surface area contributed by atoms with E-state index in [0.717, 1.165) is 20.9 Å². The van der Waals surface area contributed by atoms with Gasteiger partial charge in [0.2, 0.25) is 0 Å². The molecule has 0 bridgehead atoms. The molecule has 1 N–H and O–H groups in total. The highest BCUT2D eigenvalue weighted by molar-refractivity contribution is 7.18. The lowest BCUT2D eigenvalue weighted by Crippen LogP contribution is -2.07. The summed E-state index contributed by atoms with van der Waals surface area (Å²) in [6.45, 7) is 6.58. The molecule has 0 amide bonds. The number of rotatable bonds is 3. The van der Waals surface area contributed by atoms with Crippen molar-refractivity contribution < 1.29 is 0 Å². The van der Waals surface area contributed by atoms with Crippen molar-refractivity contribution in [3.05, 3.63) is 33.9 Å². The number of hydrogen-bond acceptors (Lipinski definition) is 7. The molecule has 0 radical (unpaired) electrons. The van der Waals surface area contributed by atoms with Gasteiger partial charge in [0.05, 0.1) is 22.0 Å². The van der Waals surface area contributed by atoms with Gasteiger partial charge in [-0.25, -0.2) is 9.97 Å². The number of hydrogen-bond donors (Lipinski definition) is 1. The van der Waals surface area contributed by atoms with E-state index in [9.17, 15) is 0 Å². The number of thiazole rings is 1. The molecule has 3 aromatic rings. The third kappa shape index (κ3) is 3.08. The van der Waals surface area contributed by atoms with Crippen molar-refractivity contribution in [2.24, 2.45) is 5.10 Å². The highest BCUT2D eigenvalue weighted by Crippen LogP contribution is 2.35. The summed E-state index contributed by atoms with van der Waals surface area (Å²) in [7, 11) is 0. The molecule has 0 saturated carbocycles. The third-order valence-electron chi connectivity index (χ3n) is 2.88. The Hall–Kier alpha value is -1.86. The van der Waals surface area contributed by atoms with Gasteiger partial charge in [-0.2, -0.15) is 5.10 Å². The van der Waals surface area contributed by atoms with Gasteiger partial charge in [0.25, 0.3) is 0 Å². The van der Waals surface area contributed by atoms with E-state index < -0.39 is 0 Å². The average Bonchev–Trinajstić information content (AvgIpc) is 3.06. The van der Waals surface area contributed by atoms with Crippen LogP contribution in [0, 0.1) is 0 Å². The van der Waals surface area contributed by atoms with E-state index in [0.29, 0.717) is 0 Å². The van der Waals surface area contributed by atoms with E-state index in [1.165, 1.54) is 16.2 Å². The molecular weight excluding hydrogens is 302 g/mol. The van der Waals surface area contributed by atoms with Crippen LogP contribution in [-0.2, 0) is 5.41 Å². The molecule has 3 heterocycles. The predicted molar refractivity (Wildman–Crippen MR) is 89.4 cm³/mol. The fraction of sp³-hybridized carbons (Fsp3) is 0.286. The van der Waals surface area contributed by atoms with E-state index in [4.69, 9.17) is 0 Å². The molecule has 108 valence electrons. The molecule has 21 heavy (non-hydrogen) atoms. The Kier molecular flexibility index (Phi) is 3.69. The molecule has 3 rings (SSSR count). The average molecular weight is 317 g/mol. The first-order chi connectivity index (χ1) is 10.0. The zero-order chi connectivity index (χ0) is 14.9. The van der Waals surface area contributed by atoms with Crippen LogP contribution in [0.2, 0.25) is 0 Å². The number of fused-ring (bicyclic) bond motifs is 1. The van der Waals surface area contributed by atoms with Crippen molar-refractivity contribution >= 4 is 44.9 Å². The lowest BCUT2D eigenvalue weighted by molar-refractivity contribution is 0.604. The second-order valence-corrected chi connectivity index (χ2v) is 7.52. The van der Waals surface area contributed by atoms with Gasteiger partial charge in [-0.05, 0) is 11.5 Å². The molecule has 0 aliphatic heterocycles. The fourth-order valence-electron chi connectivity index (χ4n) is 1.76. The van der Waals surface area contributed by atoms with Gasteiger partial charge in [-0.15, -0.1) is 22.7 Å². The molecule has 0 atom stereocenters. The second-order valence-electron chi connectivity index (χ2n) is 5.58. The van der Waals surface area contributed by atoms with Crippen LogP contribution in [0.3, 0.4) is 0 Å². The maximum Gasteiger partial charge on any atom is 0.158 e. The molecule has 0 saturated heterocycles. The van der Waals surface area contributed by atoms with Crippen LogP contribution in [0.5, 0.6) is 0 Å². The summed E-state index contributed by atoms with van der Waals surface area (Å²) in [5.41, 5.74) is 4.88. The zero-order valence-corrected chi connectivity index (χ0v) is 13.6. The molecule has 0 aliphatic carbocycles. The number of nitrogens with zero attached hydrogens (tertiary/aromatic N) is 4. The van der Waals surface area contributed by atoms with Crippen molar-refractivity contribution in [2.45, 2.75) is 26.2 Å². The number of nitrogens with one attached hydrogen (secondary N) is 1. The van der Waals surface area contributed by atoms with E-state index in [1.54, 1.807) is 35.6 Å². The fourth-order valence-corrected chi connectivity index (χ4v) is 3.30. The lowest BCUT2D eigenvalue weighted by atomic mass is 9.94. The largest absolute Gasteiger partial charge is 0.261 e. The number of anilines is 1. The van der Waals surface area contributed by atoms with E-state index in [1.807, 2.05) is 0 Å². The summed E-state index contributed by atoms with van der Waals surface area (Å²) in [5.74, 6) is 0.729. The standard InChI is InChI=1S/C14H15N5S2/c1-14(2,3)11-4-10-12(16-7-17-13(10)21-11)19-18-6-9-5-15-8-20-9/h4-8H,1-3H3,(H,16,17,19). The second kappa shape index (κ2) is 5.50. The van der Waals surface area contributed by atoms with Gasteiger partial charge in [-0.3, -0.25) is 10.4 Å².